The first-order valence-electron chi connectivity index (χ1n) is 11.0. The first-order valence-corrected chi connectivity index (χ1v) is 11.0. The molecule has 1 aliphatic heterocycles. The fourth-order valence-corrected chi connectivity index (χ4v) is 4.45. The number of amides is 1. The molecule has 1 saturated carbocycles. The first kappa shape index (κ1) is 25.5. The van der Waals surface area contributed by atoms with Gasteiger partial charge in [0.2, 0.25) is 5.91 Å². The van der Waals surface area contributed by atoms with E-state index < -0.39 is 0 Å². The number of aliphatic imine (C=N–C) groups is 1. The van der Waals surface area contributed by atoms with Crippen LogP contribution in [0.15, 0.2) is 4.99 Å². The average molecular weight is 508 g/mol. The largest absolute Gasteiger partial charge is 0.356 e. The van der Waals surface area contributed by atoms with Gasteiger partial charge in [0.25, 0.3) is 0 Å². The maximum atomic E-state index is 12.2. The first-order chi connectivity index (χ1) is 13.1. The van der Waals surface area contributed by atoms with Crippen LogP contribution in [0.2, 0.25) is 0 Å². The summed E-state index contributed by atoms with van der Waals surface area (Å²) in [4.78, 5) is 20.6. The molecule has 28 heavy (non-hydrogen) atoms. The summed E-state index contributed by atoms with van der Waals surface area (Å²) in [6.45, 7) is 3.90. The Labute approximate surface area is 189 Å². The molecule has 2 aliphatic rings. The van der Waals surface area contributed by atoms with Gasteiger partial charge in [0.05, 0.1) is 6.04 Å². The standard InChI is InChI=1S/C21H41N5O.HI/c1-22-21(23-14-7-12-18-10-5-4-6-11-18)24-15-9-17-26-16-8-13-19(26)20(27)25(2)3;/h18-19H,4-17H2,1-3H3,(H2,22,23,24);1H. The normalized spacial score (nSPS) is 21.2. The fourth-order valence-electron chi connectivity index (χ4n) is 4.45. The van der Waals surface area contributed by atoms with E-state index in [-0.39, 0.29) is 35.9 Å². The number of carbonyl (C=O) groups excluding carboxylic acids is 1. The van der Waals surface area contributed by atoms with Gasteiger partial charge in [0, 0.05) is 40.8 Å². The Morgan fingerprint density at radius 1 is 1.04 bits per heavy atom. The van der Waals surface area contributed by atoms with Crippen molar-refractivity contribution in [2.45, 2.75) is 70.3 Å². The third-order valence-corrected chi connectivity index (χ3v) is 6.03. The number of nitrogens with one attached hydrogen (secondary N) is 2. The third-order valence-electron chi connectivity index (χ3n) is 6.03. The van der Waals surface area contributed by atoms with E-state index >= 15 is 0 Å². The van der Waals surface area contributed by atoms with Gasteiger partial charge in [-0.1, -0.05) is 32.1 Å². The molecule has 7 heteroatoms. The molecule has 0 aromatic rings. The Kier molecular flexibility index (Phi) is 13.1. The van der Waals surface area contributed by atoms with Crippen molar-refractivity contribution < 1.29 is 4.79 Å². The van der Waals surface area contributed by atoms with Gasteiger partial charge >= 0.3 is 0 Å². The molecular formula is C21H42IN5O. The second-order valence-corrected chi connectivity index (χ2v) is 8.35. The van der Waals surface area contributed by atoms with Crippen LogP contribution in [-0.4, -0.2) is 75.0 Å². The lowest BCUT2D eigenvalue weighted by Gasteiger charge is -2.26. The van der Waals surface area contributed by atoms with Crippen LogP contribution < -0.4 is 10.6 Å². The van der Waals surface area contributed by atoms with E-state index in [2.05, 4.69) is 20.5 Å². The number of carbonyl (C=O) groups is 1. The van der Waals surface area contributed by atoms with E-state index in [9.17, 15) is 4.79 Å². The van der Waals surface area contributed by atoms with E-state index in [1.807, 2.05) is 21.1 Å². The predicted octanol–water partition coefficient (Wildman–Crippen LogP) is 3.07. The molecule has 0 aromatic carbocycles. The van der Waals surface area contributed by atoms with Crippen LogP contribution >= 0.6 is 24.0 Å². The van der Waals surface area contributed by atoms with Crippen molar-refractivity contribution in [3.05, 3.63) is 0 Å². The number of likely N-dealkylation sites (N-methyl/N-ethyl adjacent to an activating group) is 1. The minimum atomic E-state index is 0. The highest BCUT2D eigenvalue weighted by Crippen LogP contribution is 2.26. The monoisotopic (exact) mass is 507 g/mol. The van der Waals surface area contributed by atoms with Crippen LogP contribution in [0.1, 0.15) is 64.2 Å². The van der Waals surface area contributed by atoms with Crippen molar-refractivity contribution in [1.29, 1.82) is 0 Å². The lowest BCUT2D eigenvalue weighted by molar-refractivity contribution is -0.133. The molecular weight excluding hydrogens is 465 g/mol. The molecule has 1 unspecified atom stereocenters. The van der Waals surface area contributed by atoms with Crippen molar-refractivity contribution >= 4 is 35.8 Å². The summed E-state index contributed by atoms with van der Waals surface area (Å²) in [6, 6.07) is 0.0808. The van der Waals surface area contributed by atoms with Crippen LogP contribution in [0.25, 0.3) is 0 Å². The summed E-state index contributed by atoms with van der Waals surface area (Å²) in [7, 11) is 5.54. The zero-order chi connectivity index (χ0) is 19.5. The summed E-state index contributed by atoms with van der Waals surface area (Å²) in [5.41, 5.74) is 0. The second-order valence-electron chi connectivity index (χ2n) is 8.35. The summed E-state index contributed by atoms with van der Waals surface area (Å²) in [6.07, 6.45) is 12.9. The minimum absolute atomic E-state index is 0. The summed E-state index contributed by atoms with van der Waals surface area (Å²) < 4.78 is 0. The summed E-state index contributed by atoms with van der Waals surface area (Å²) in [5, 5.41) is 6.86. The number of hydrogen-bond acceptors (Lipinski definition) is 3. The molecule has 1 amide bonds. The Hall–Kier alpha value is -0.570. The smallest absolute Gasteiger partial charge is 0.239 e. The van der Waals surface area contributed by atoms with Crippen molar-refractivity contribution in [2.24, 2.45) is 10.9 Å². The van der Waals surface area contributed by atoms with Crippen molar-refractivity contribution in [1.82, 2.24) is 20.4 Å². The molecule has 0 aromatic heterocycles. The molecule has 2 fully saturated rings. The molecule has 0 radical (unpaired) electrons. The maximum Gasteiger partial charge on any atom is 0.239 e. The molecule has 1 atom stereocenters. The Morgan fingerprint density at radius 3 is 2.36 bits per heavy atom. The van der Waals surface area contributed by atoms with Gasteiger partial charge in [-0.25, -0.2) is 0 Å². The number of hydrogen-bond donors (Lipinski definition) is 2. The highest BCUT2D eigenvalue weighted by atomic mass is 127. The molecule has 6 nitrogen and oxygen atoms in total. The van der Waals surface area contributed by atoms with E-state index in [1.54, 1.807) is 4.90 Å². The van der Waals surface area contributed by atoms with Gasteiger partial charge in [0.15, 0.2) is 5.96 Å². The van der Waals surface area contributed by atoms with Crippen LogP contribution in [0.5, 0.6) is 0 Å². The van der Waals surface area contributed by atoms with Gasteiger partial charge in [-0.3, -0.25) is 14.7 Å². The zero-order valence-corrected chi connectivity index (χ0v) is 20.5. The van der Waals surface area contributed by atoms with Crippen LogP contribution in [-0.2, 0) is 4.79 Å². The van der Waals surface area contributed by atoms with Gasteiger partial charge in [-0.15, -0.1) is 24.0 Å². The Balaban J connectivity index is 0.00000392. The minimum Gasteiger partial charge on any atom is -0.356 e. The molecule has 2 N–H and O–H groups in total. The second kappa shape index (κ2) is 14.4. The Morgan fingerprint density at radius 2 is 1.71 bits per heavy atom. The molecule has 164 valence electrons. The van der Waals surface area contributed by atoms with Gasteiger partial charge in [-0.05, 0) is 44.6 Å². The zero-order valence-electron chi connectivity index (χ0n) is 18.2. The SMILES string of the molecule is CN=C(NCCCC1CCCCC1)NCCCN1CCCC1C(=O)N(C)C.I. The van der Waals surface area contributed by atoms with Gasteiger partial charge in [-0.2, -0.15) is 0 Å². The van der Waals surface area contributed by atoms with E-state index in [0.29, 0.717) is 0 Å². The van der Waals surface area contributed by atoms with E-state index in [1.165, 1.54) is 44.9 Å². The number of rotatable bonds is 9. The molecule has 0 spiro atoms. The molecule has 0 bridgehead atoms. The van der Waals surface area contributed by atoms with E-state index in [4.69, 9.17) is 0 Å². The average Bonchev–Trinajstić information content (AvgIpc) is 3.15. The van der Waals surface area contributed by atoms with Crippen LogP contribution in [0.3, 0.4) is 0 Å². The Bertz CT molecular complexity index is 466. The lowest BCUT2D eigenvalue weighted by atomic mass is 9.86. The topological polar surface area (TPSA) is 60.0 Å². The maximum absolute atomic E-state index is 12.2. The quantitative estimate of drug-likeness (QED) is 0.218. The van der Waals surface area contributed by atoms with Gasteiger partial charge < -0.3 is 15.5 Å². The van der Waals surface area contributed by atoms with Crippen LogP contribution in [0.4, 0.5) is 0 Å². The predicted molar refractivity (Wildman–Crippen MR) is 128 cm³/mol. The third kappa shape index (κ3) is 8.84. The number of nitrogens with zero attached hydrogens (tertiary/aromatic N) is 3. The fraction of sp³-hybridized carbons (Fsp3) is 0.905. The molecule has 1 saturated heterocycles. The highest BCUT2D eigenvalue weighted by Gasteiger charge is 2.30. The number of halogens is 1. The summed E-state index contributed by atoms with van der Waals surface area (Å²) in [5.74, 6) is 2.10. The van der Waals surface area contributed by atoms with Gasteiger partial charge in [0.1, 0.15) is 0 Å². The van der Waals surface area contributed by atoms with Crippen LogP contribution in [0, 0.1) is 5.92 Å². The summed E-state index contributed by atoms with van der Waals surface area (Å²) >= 11 is 0. The number of guanidine groups is 1. The molecule has 1 aliphatic carbocycles. The number of likely N-dealkylation sites (tertiary alicyclic amines) is 1. The van der Waals surface area contributed by atoms with Crippen molar-refractivity contribution in [3.63, 3.8) is 0 Å². The van der Waals surface area contributed by atoms with Crippen molar-refractivity contribution in [3.8, 4) is 0 Å². The highest BCUT2D eigenvalue weighted by molar-refractivity contribution is 14.0. The van der Waals surface area contributed by atoms with E-state index in [0.717, 1.165) is 57.3 Å². The lowest BCUT2D eigenvalue weighted by Crippen LogP contribution is -2.44. The van der Waals surface area contributed by atoms with Crippen molar-refractivity contribution in [2.75, 3.05) is 47.3 Å². The molecule has 1 heterocycles. The molecule has 2 rings (SSSR count).